The molecule has 9 heteroatoms. The molecule has 0 saturated heterocycles. The van der Waals surface area contributed by atoms with Crippen LogP contribution in [0.15, 0.2) is 29.3 Å². The maximum atomic E-state index is 13.7. The van der Waals surface area contributed by atoms with Crippen molar-refractivity contribution in [3.05, 3.63) is 41.3 Å². The molecule has 1 aliphatic carbocycles. The number of sulfone groups is 1. The van der Waals surface area contributed by atoms with Gasteiger partial charge in [-0.25, -0.2) is 13.4 Å². The first-order valence-electron chi connectivity index (χ1n) is 8.32. The third kappa shape index (κ3) is 3.09. The third-order valence-electron chi connectivity index (χ3n) is 4.73. The number of hydrogen-bond acceptors (Lipinski definition) is 4. The number of aromatic nitrogens is 3. The molecule has 0 amide bonds. The van der Waals surface area contributed by atoms with E-state index in [1.54, 1.807) is 6.92 Å². The van der Waals surface area contributed by atoms with Crippen LogP contribution in [0.1, 0.15) is 35.7 Å². The van der Waals surface area contributed by atoms with Gasteiger partial charge in [0.25, 0.3) is 0 Å². The largest absolute Gasteiger partial charge is 0.433 e. The molecule has 2 heterocycles. The van der Waals surface area contributed by atoms with Gasteiger partial charge in [-0.1, -0.05) is 12.1 Å². The molecule has 0 radical (unpaired) electrons. The number of nitrogens with zero attached hydrogens (tertiary/aromatic N) is 2. The number of hydrogen-bond donors (Lipinski definition) is 1. The van der Waals surface area contributed by atoms with E-state index < -0.39 is 21.7 Å². The van der Waals surface area contributed by atoms with Crippen LogP contribution in [0.25, 0.3) is 22.0 Å². The van der Waals surface area contributed by atoms with Crippen molar-refractivity contribution in [3.63, 3.8) is 0 Å². The van der Waals surface area contributed by atoms with Crippen molar-refractivity contribution in [2.45, 2.75) is 36.8 Å². The summed E-state index contributed by atoms with van der Waals surface area (Å²) in [6.45, 7) is 1.57. The van der Waals surface area contributed by atoms with Gasteiger partial charge in [-0.3, -0.25) is 5.10 Å². The molecule has 1 aromatic carbocycles. The lowest BCUT2D eigenvalue weighted by Crippen LogP contribution is -2.11. The molecule has 1 aliphatic rings. The number of aryl methyl sites for hydroxylation is 1. The Morgan fingerprint density at radius 2 is 1.93 bits per heavy atom. The van der Waals surface area contributed by atoms with Crippen LogP contribution in [0.4, 0.5) is 13.2 Å². The van der Waals surface area contributed by atoms with Gasteiger partial charge in [0.1, 0.15) is 0 Å². The van der Waals surface area contributed by atoms with Crippen molar-refractivity contribution < 1.29 is 21.6 Å². The second-order valence-corrected chi connectivity index (χ2v) is 8.89. The SMILES string of the molecule is Cc1cc(-c2c(C(F)(F)F)ncc3[nH]nc(C4CC4)c23)ccc1S(C)(=O)=O. The molecular formula is C18H16F3N3O2S. The van der Waals surface area contributed by atoms with Gasteiger partial charge in [-0.2, -0.15) is 18.3 Å². The van der Waals surface area contributed by atoms with E-state index in [2.05, 4.69) is 15.2 Å². The summed E-state index contributed by atoms with van der Waals surface area (Å²) in [7, 11) is -3.47. The van der Waals surface area contributed by atoms with Crippen LogP contribution in [0.5, 0.6) is 0 Å². The van der Waals surface area contributed by atoms with E-state index in [-0.39, 0.29) is 21.9 Å². The second kappa shape index (κ2) is 5.79. The van der Waals surface area contributed by atoms with E-state index in [0.29, 0.717) is 22.2 Å². The van der Waals surface area contributed by atoms with Crippen LogP contribution < -0.4 is 0 Å². The fourth-order valence-electron chi connectivity index (χ4n) is 3.41. The molecule has 0 bridgehead atoms. The molecule has 1 N–H and O–H groups in total. The lowest BCUT2D eigenvalue weighted by atomic mass is 9.96. The van der Waals surface area contributed by atoms with Crippen LogP contribution in [-0.4, -0.2) is 29.9 Å². The van der Waals surface area contributed by atoms with E-state index in [4.69, 9.17) is 0 Å². The van der Waals surface area contributed by atoms with E-state index in [1.807, 2.05) is 0 Å². The Hall–Kier alpha value is -2.42. The number of alkyl halides is 3. The molecule has 0 spiro atoms. The highest BCUT2D eigenvalue weighted by Gasteiger charge is 2.39. The van der Waals surface area contributed by atoms with Crippen LogP contribution >= 0.6 is 0 Å². The van der Waals surface area contributed by atoms with E-state index in [0.717, 1.165) is 25.3 Å². The quantitative estimate of drug-likeness (QED) is 0.720. The van der Waals surface area contributed by atoms with Gasteiger partial charge in [0.15, 0.2) is 15.5 Å². The van der Waals surface area contributed by atoms with Gasteiger partial charge in [-0.15, -0.1) is 0 Å². The second-order valence-electron chi connectivity index (χ2n) is 6.90. The van der Waals surface area contributed by atoms with Crippen LogP contribution in [0, 0.1) is 6.92 Å². The van der Waals surface area contributed by atoms with E-state index >= 15 is 0 Å². The highest BCUT2D eigenvalue weighted by molar-refractivity contribution is 7.90. The van der Waals surface area contributed by atoms with E-state index in [9.17, 15) is 21.6 Å². The molecule has 1 saturated carbocycles. The number of halogens is 3. The van der Waals surface area contributed by atoms with Crippen molar-refractivity contribution in [3.8, 4) is 11.1 Å². The summed E-state index contributed by atoms with van der Waals surface area (Å²) in [5.74, 6) is 0.136. The summed E-state index contributed by atoms with van der Waals surface area (Å²) < 4.78 is 64.8. The van der Waals surface area contributed by atoms with Gasteiger partial charge < -0.3 is 0 Å². The zero-order chi connectivity index (χ0) is 19.6. The van der Waals surface area contributed by atoms with Gasteiger partial charge in [-0.05, 0) is 37.0 Å². The van der Waals surface area contributed by atoms with Gasteiger partial charge in [0, 0.05) is 23.1 Å². The molecule has 2 aromatic heterocycles. The fourth-order valence-corrected chi connectivity index (χ4v) is 4.37. The highest BCUT2D eigenvalue weighted by atomic mass is 32.2. The summed E-state index contributed by atoms with van der Waals surface area (Å²) in [5.41, 5.74) is 0.649. The van der Waals surface area contributed by atoms with Crippen LogP contribution in [-0.2, 0) is 16.0 Å². The third-order valence-corrected chi connectivity index (χ3v) is 5.98. The minimum atomic E-state index is -4.65. The van der Waals surface area contributed by atoms with Crippen molar-refractivity contribution >= 4 is 20.7 Å². The van der Waals surface area contributed by atoms with Gasteiger partial charge in [0.2, 0.25) is 0 Å². The first-order chi connectivity index (χ1) is 12.6. The standard InChI is InChI=1S/C18H16F3N3O2S/c1-9-7-11(5-6-13(9)27(2,25)26)14-15-12(8-22-17(14)18(19,20)21)23-24-16(15)10-3-4-10/h5-8,10H,3-4H2,1-2H3,(H,23,24). The summed E-state index contributed by atoms with van der Waals surface area (Å²) in [6.07, 6.45) is -0.660. The molecule has 142 valence electrons. The predicted octanol–water partition coefficient (Wildman–Crippen LogP) is 4.23. The van der Waals surface area contributed by atoms with Crippen LogP contribution in [0.2, 0.25) is 0 Å². The average Bonchev–Trinajstić information content (AvgIpc) is 3.30. The Labute approximate surface area is 153 Å². The lowest BCUT2D eigenvalue weighted by Gasteiger charge is -2.15. The number of fused-ring (bicyclic) bond motifs is 1. The minimum absolute atomic E-state index is 0.0567. The van der Waals surface area contributed by atoms with Gasteiger partial charge in [0.05, 0.1) is 22.3 Å². The Morgan fingerprint density at radius 1 is 1.22 bits per heavy atom. The molecule has 1 fully saturated rings. The monoisotopic (exact) mass is 395 g/mol. The van der Waals surface area contributed by atoms with E-state index in [1.165, 1.54) is 18.2 Å². The minimum Gasteiger partial charge on any atom is -0.276 e. The molecule has 4 rings (SSSR count). The first kappa shape index (κ1) is 18.0. The smallest absolute Gasteiger partial charge is 0.276 e. The normalized spacial score (nSPS) is 15.4. The number of aromatic amines is 1. The molecule has 0 aliphatic heterocycles. The summed E-state index contributed by atoms with van der Waals surface area (Å²) >= 11 is 0. The van der Waals surface area contributed by atoms with Crippen LogP contribution in [0.3, 0.4) is 0 Å². The van der Waals surface area contributed by atoms with Crippen molar-refractivity contribution in [2.24, 2.45) is 0 Å². The lowest BCUT2D eigenvalue weighted by molar-refractivity contribution is -0.140. The molecule has 0 unspecified atom stereocenters. The molecule has 5 nitrogen and oxygen atoms in total. The van der Waals surface area contributed by atoms with Crippen molar-refractivity contribution in [2.75, 3.05) is 6.26 Å². The summed E-state index contributed by atoms with van der Waals surface area (Å²) in [4.78, 5) is 3.73. The maximum Gasteiger partial charge on any atom is 0.433 e. The zero-order valence-corrected chi connectivity index (χ0v) is 15.4. The summed E-state index contributed by atoms with van der Waals surface area (Å²) in [5, 5.41) is 7.40. The zero-order valence-electron chi connectivity index (χ0n) is 14.6. The van der Waals surface area contributed by atoms with Gasteiger partial charge >= 0.3 is 6.18 Å². The first-order valence-corrected chi connectivity index (χ1v) is 10.2. The van der Waals surface area contributed by atoms with Crippen molar-refractivity contribution in [1.29, 1.82) is 0 Å². The Kier molecular flexibility index (Phi) is 3.85. The Balaban J connectivity index is 2.05. The van der Waals surface area contributed by atoms with Crippen molar-refractivity contribution in [1.82, 2.24) is 15.2 Å². The number of benzene rings is 1. The molecule has 0 atom stereocenters. The molecule has 3 aromatic rings. The summed E-state index contributed by atoms with van der Waals surface area (Å²) in [6, 6.07) is 4.21. The molecular weight excluding hydrogens is 379 g/mol. The topological polar surface area (TPSA) is 75.7 Å². The molecule has 27 heavy (non-hydrogen) atoms. The average molecular weight is 395 g/mol. The number of pyridine rings is 1. The number of rotatable bonds is 3. The predicted molar refractivity (Wildman–Crippen MR) is 94.1 cm³/mol. The maximum absolute atomic E-state index is 13.7. The Bertz CT molecular complexity index is 1160. The fraction of sp³-hybridized carbons (Fsp3) is 0.333. The highest BCUT2D eigenvalue weighted by Crippen LogP contribution is 2.47. The Morgan fingerprint density at radius 3 is 2.48 bits per heavy atom. The number of nitrogens with one attached hydrogen (secondary N) is 1. The number of H-pyrrole nitrogens is 1.